The molecular weight excluding hydrogens is 414 g/mol. The van der Waals surface area contributed by atoms with E-state index in [1.165, 1.54) is 32.0 Å². The van der Waals surface area contributed by atoms with Gasteiger partial charge in [0.15, 0.2) is 0 Å². The molecule has 0 nitrogen and oxygen atoms in total. The zero-order valence-electron chi connectivity index (χ0n) is 17.5. The molecule has 0 bridgehead atoms. The number of hydrogen-bond donors (Lipinski definition) is 0. The Morgan fingerprint density at radius 3 is 1.52 bits per heavy atom. The quantitative estimate of drug-likeness (QED) is 0.365. The van der Waals surface area contributed by atoms with E-state index in [4.69, 9.17) is 0 Å². The van der Waals surface area contributed by atoms with Crippen molar-refractivity contribution in [3.8, 4) is 0 Å². The van der Waals surface area contributed by atoms with Gasteiger partial charge in [-0.25, -0.2) is 26.3 Å². The minimum atomic E-state index is -0.819. The lowest BCUT2D eigenvalue weighted by molar-refractivity contribution is 0.533. The second-order valence-corrected chi connectivity index (χ2v) is 7.83. The smallest absolute Gasteiger partial charge is 0.132 e. The van der Waals surface area contributed by atoms with E-state index >= 15 is 0 Å². The molecule has 0 aromatic heterocycles. The first kappa shape index (κ1) is 22.9. The summed E-state index contributed by atoms with van der Waals surface area (Å²) in [6.07, 6.45) is -0.00925. The molecule has 3 aromatic rings. The number of aryl methyl sites for hydroxylation is 3. The highest BCUT2D eigenvalue weighted by molar-refractivity contribution is 5.35. The van der Waals surface area contributed by atoms with E-state index in [1.807, 2.05) is 0 Å². The standard InChI is InChI=1S/C25H22F6/c1-13-8-21(27)18(22(28)9-13)6-7-19-23(29)10-16(11-24(19)30)4-5-17-12-20(26)15(3)25(31)14(17)2/h8-12H,4-7H2,1-3H3. The van der Waals surface area contributed by atoms with Crippen molar-refractivity contribution in [2.45, 2.75) is 46.5 Å². The Morgan fingerprint density at radius 2 is 1.00 bits per heavy atom. The molecule has 0 amide bonds. The summed E-state index contributed by atoms with van der Waals surface area (Å²) in [6, 6.07) is 5.88. The first-order valence-electron chi connectivity index (χ1n) is 9.93. The van der Waals surface area contributed by atoms with Crippen LogP contribution in [0.4, 0.5) is 26.3 Å². The summed E-state index contributed by atoms with van der Waals surface area (Å²) in [5.41, 5.74) is 0.939. The maximum absolute atomic E-state index is 14.5. The fourth-order valence-electron chi connectivity index (χ4n) is 3.69. The Bertz CT molecular complexity index is 1090. The summed E-state index contributed by atoms with van der Waals surface area (Å²) in [5.74, 6) is -4.42. The van der Waals surface area contributed by atoms with E-state index in [0.717, 1.165) is 12.1 Å². The van der Waals surface area contributed by atoms with Crippen molar-refractivity contribution in [1.29, 1.82) is 0 Å². The van der Waals surface area contributed by atoms with Crippen LogP contribution in [0.2, 0.25) is 0 Å². The van der Waals surface area contributed by atoms with Gasteiger partial charge < -0.3 is 0 Å². The molecule has 0 aliphatic rings. The van der Waals surface area contributed by atoms with Gasteiger partial charge in [0.05, 0.1) is 0 Å². The highest BCUT2D eigenvalue weighted by Crippen LogP contribution is 2.24. The zero-order chi connectivity index (χ0) is 22.9. The lowest BCUT2D eigenvalue weighted by atomic mass is 9.96. The molecule has 0 spiro atoms. The van der Waals surface area contributed by atoms with E-state index in [-0.39, 0.29) is 42.4 Å². The summed E-state index contributed by atoms with van der Waals surface area (Å²) in [4.78, 5) is 0. The molecule has 31 heavy (non-hydrogen) atoms. The number of benzene rings is 3. The normalized spacial score (nSPS) is 11.3. The second-order valence-electron chi connectivity index (χ2n) is 7.83. The molecule has 0 atom stereocenters. The van der Waals surface area contributed by atoms with Crippen LogP contribution in [0.25, 0.3) is 0 Å². The molecule has 0 aliphatic heterocycles. The van der Waals surface area contributed by atoms with Crippen LogP contribution < -0.4 is 0 Å². The van der Waals surface area contributed by atoms with Gasteiger partial charge in [0.2, 0.25) is 0 Å². The molecule has 0 radical (unpaired) electrons. The lowest BCUT2D eigenvalue weighted by Crippen LogP contribution is -2.05. The van der Waals surface area contributed by atoms with Crippen LogP contribution in [-0.2, 0) is 25.7 Å². The largest absolute Gasteiger partial charge is 0.207 e. The molecule has 0 heterocycles. The van der Waals surface area contributed by atoms with Gasteiger partial charge in [-0.2, -0.15) is 0 Å². The SMILES string of the molecule is Cc1cc(F)c(CCc2c(F)cc(CCc3cc(F)c(C)c(F)c3C)cc2F)c(F)c1. The third kappa shape index (κ3) is 4.94. The maximum Gasteiger partial charge on any atom is 0.132 e. The van der Waals surface area contributed by atoms with Crippen molar-refractivity contribution in [3.63, 3.8) is 0 Å². The van der Waals surface area contributed by atoms with E-state index in [9.17, 15) is 26.3 Å². The Hall–Kier alpha value is -2.76. The molecule has 0 saturated carbocycles. The van der Waals surface area contributed by atoms with E-state index in [1.54, 1.807) is 6.92 Å². The second kappa shape index (κ2) is 9.16. The molecule has 164 valence electrons. The van der Waals surface area contributed by atoms with Crippen molar-refractivity contribution >= 4 is 0 Å². The fourth-order valence-corrected chi connectivity index (χ4v) is 3.69. The predicted octanol–water partition coefficient (Wildman–Crippen LogP) is 7.02. The summed E-state index contributed by atoms with van der Waals surface area (Å²) in [7, 11) is 0. The Kier molecular flexibility index (Phi) is 6.77. The minimum absolute atomic E-state index is 0.0656. The van der Waals surface area contributed by atoms with Crippen LogP contribution in [0.5, 0.6) is 0 Å². The highest BCUT2D eigenvalue weighted by Gasteiger charge is 2.16. The van der Waals surface area contributed by atoms with Gasteiger partial charge in [-0.3, -0.25) is 0 Å². The van der Waals surface area contributed by atoms with Crippen LogP contribution >= 0.6 is 0 Å². The van der Waals surface area contributed by atoms with Crippen LogP contribution in [-0.4, -0.2) is 0 Å². The number of hydrogen-bond acceptors (Lipinski definition) is 0. The molecular formula is C25H22F6. The summed E-state index contributed by atoms with van der Waals surface area (Å²) < 4.78 is 84.9. The third-order valence-electron chi connectivity index (χ3n) is 5.59. The molecule has 0 aliphatic carbocycles. The van der Waals surface area contributed by atoms with Crippen molar-refractivity contribution in [3.05, 3.63) is 104 Å². The Balaban J connectivity index is 1.76. The molecule has 0 unspecified atom stereocenters. The first-order chi connectivity index (χ1) is 14.6. The van der Waals surface area contributed by atoms with Crippen molar-refractivity contribution in [1.82, 2.24) is 0 Å². The molecule has 0 N–H and O–H groups in total. The Labute approximate surface area is 177 Å². The van der Waals surface area contributed by atoms with Gasteiger partial charge in [0.1, 0.15) is 34.9 Å². The third-order valence-corrected chi connectivity index (χ3v) is 5.59. The van der Waals surface area contributed by atoms with Crippen molar-refractivity contribution in [2.75, 3.05) is 0 Å². The molecule has 3 aromatic carbocycles. The molecule has 0 saturated heterocycles. The van der Waals surface area contributed by atoms with Crippen molar-refractivity contribution < 1.29 is 26.3 Å². The molecule has 0 fully saturated rings. The Morgan fingerprint density at radius 1 is 0.516 bits per heavy atom. The van der Waals surface area contributed by atoms with Crippen LogP contribution in [0.15, 0.2) is 30.3 Å². The summed E-state index contributed by atoms with van der Waals surface area (Å²) >= 11 is 0. The average Bonchev–Trinajstić information content (AvgIpc) is 2.69. The van der Waals surface area contributed by atoms with Gasteiger partial charge in [0.25, 0.3) is 0 Å². The van der Waals surface area contributed by atoms with Gasteiger partial charge in [-0.05, 0) is 99.0 Å². The number of halogens is 6. The predicted molar refractivity (Wildman–Crippen MR) is 108 cm³/mol. The van der Waals surface area contributed by atoms with Crippen LogP contribution in [0, 0.1) is 55.7 Å². The van der Waals surface area contributed by atoms with Crippen molar-refractivity contribution in [2.24, 2.45) is 0 Å². The maximum atomic E-state index is 14.5. The molecule has 3 rings (SSSR count). The highest BCUT2D eigenvalue weighted by atomic mass is 19.2. The van der Waals surface area contributed by atoms with Crippen LogP contribution in [0.3, 0.4) is 0 Å². The topological polar surface area (TPSA) is 0 Å². The van der Waals surface area contributed by atoms with Gasteiger partial charge in [-0.1, -0.05) is 0 Å². The van der Waals surface area contributed by atoms with Gasteiger partial charge in [-0.15, -0.1) is 0 Å². The number of rotatable bonds is 6. The minimum Gasteiger partial charge on any atom is -0.207 e. The van der Waals surface area contributed by atoms with Gasteiger partial charge in [0, 0.05) is 16.7 Å². The fraction of sp³-hybridized carbons (Fsp3) is 0.280. The lowest BCUT2D eigenvalue weighted by Gasteiger charge is -2.12. The van der Waals surface area contributed by atoms with E-state index < -0.39 is 34.9 Å². The average molecular weight is 436 g/mol. The first-order valence-corrected chi connectivity index (χ1v) is 9.93. The summed E-state index contributed by atoms with van der Waals surface area (Å²) in [5, 5.41) is 0. The van der Waals surface area contributed by atoms with Crippen LogP contribution in [0.1, 0.15) is 38.9 Å². The zero-order valence-corrected chi connectivity index (χ0v) is 17.5. The molecule has 6 heteroatoms. The summed E-state index contributed by atoms with van der Waals surface area (Å²) in [6.45, 7) is 4.43. The van der Waals surface area contributed by atoms with Gasteiger partial charge >= 0.3 is 0 Å². The van der Waals surface area contributed by atoms with E-state index in [0.29, 0.717) is 22.3 Å². The van der Waals surface area contributed by atoms with E-state index in [2.05, 4.69) is 0 Å². The monoisotopic (exact) mass is 436 g/mol.